The summed E-state index contributed by atoms with van der Waals surface area (Å²) in [6.07, 6.45) is 1.04. The summed E-state index contributed by atoms with van der Waals surface area (Å²) >= 11 is 0. The Morgan fingerprint density at radius 1 is 0.941 bits per heavy atom. The Balaban J connectivity index is 1.14. The number of nitrogens with one attached hydrogen (secondary N) is 1. The molecule has 1 aliphatic heterocycles. The number of hydrogen-bond acceptors (Lipinski definition) is 7. The number of nitrogens with zero attached hydrogens (tertiary/aromatic N) is 5. The summed E-state index contributed by atoms with van der Waals surface area (Å²) in [4.78, 5) is 45.4. The van der Waals surface area contributed by atoms with Crippen molar-refractivity contribution in [2.45, 2.75) is 65.1 Å². The summed E-state index contributed by atoms with van der Waals surface area (Å²) in [6.45, 7) is 7.93. The largest absolute Gasteiger partial charge is 0.416 e. The minimum Gasteiger partial charge on any atom is -0.356 e. The maximum Gasteiger partial charge on any atom is 0.416 e. The molecule has 0 unspecified atom stereocenters. The molecular formula is C39H43F3N6O3. The zero-order chi connectivity index (χ0) is 36.4. The van der Waals surface area contributed by atoms with Crippen LogP contribution >= 0.6 is 0 Å². The highest BCUT2D eigenvalue weighted by Crippen LogP contribution is 2.34. The van der Waals surface area contributed by atoms with Gasteiger partial charge in [-0.15, -0.1) is 0 Å². The van der Waals surface area contributed by atoms with E-state index in [-0.39, 0.29) is 48.8 Å². The molecule has 1 N–H and O–H groups in total. The van der Waals surface area contributed by atoms with Crippen LogP contribution in [-0.4, -0.2) is 81.1 Å². The van der Waals surface area contributed by atoms with Crippen molar-refractivity contribution in [1.82, 2.24) is 29.7 Å². The van der Waals surface area contributed by atoms with Crippen molar-refractivity contribution in [2.24, 2.45) is 0 Å². The molecule has 1 fully saturated rings. The Bertz CT molecular complexity index is 1920. The third-order valence-electron chi connectivity index (χ3n) is 9.00. The lowest BCUT2D eigenvalue weighted by Gasteiger charge is -2.35. The van der Waals surface area contributed by atoms with Gasteiger partial charge in [0.15, 0.2) is 11.4 Å². The van der Waals surface area contributed by atoms with Crippen LogP contribution in [0, 0.1) is 18.8 Å². The summed E-state index contributed by atoms with van der Waals surface area (Å²) in [5.41, 5.74) is 2.88. The number of carbonyl (C=O) groups is 3. The number of benzene rings is 2. The van der Waals surface area contributed by atoms with E-state index in [0.717, 1.165) is 31.0 Å². The Morgan fingerprint density at radius 2 is 1.73 bits per heavy atom. The number of carbonyl (C=O) groups excluding carboxylic acids is 3. The standard InChI is InChI=1S/C39H43F3N6O3/c1-3-6-34(49)14-15-38(51)43-16-5-18-46-19-21-47(22-20-46)27-32-11-9-29(23-35(32)39(40,41)42)24-36(50)31-10-8-28(2)30(25-31)12-13-33-26-44-37-7-4-17-45-48(33)37/h4,7-11,17,23,25-26H,3,5-6,14-16,18-22,24,27H2,1-2H3,(H,43,51). The highest BCUT2D eigenvalue weighted by atomic mass is 19.4. The van der Waals surface area contributed by atoms with Gasteiger partial charge in [-0.05, 0) is 73.2 Å². The number of halogens is 3. The van der Waals surface area contributed by atoms with Crippen molar-refractivity contribution in [2.75, 3.05) is 39.3 Å². The highest BCUT2D eigenvalue weighted by Gasteiger charge is 2.34. The van der Waals surface area contributed by atoms with Gasteiger partial charge in [-0.3, -0.25) is 19.3 Å². The number of piperazine rings is 1. The number of aryl methyl sites for hydroxylation is 1. The van der Waals surface area contributed by atoms with Gasteiger partial charge < -0.3 is 10.2 Å². The van der Waals surface area contributed by atoms with Crippen LogP contribution in [0.5, 0.6) is 0 Å². The second-order valence-corrected chi connectivity index (χ2v) is 12.9. The van der Waals surface area contributed by atoms with Gasteiger partial charge >= 0.3 is 6.18 Å². The van der Waals surface area contributed by atoms with Crippen molar-refractivity contribution in [1.29, 1.82) is 0 Å². The van der Waals surface area contributed by atoms with Crippen molar-refractivity contribution in [3.63, 3.8) is 0 Å². The number of fused-ring (bicyclic) bond motifs is 1. The van der Waals surface area contributed by atoms with Gasteiger partial charge in [0.1, 0.15) is 11.5 Å². The van der Waals surface area contributed by atoms with E-state index >= 15 is 0 Å². The van der Waals surface area contributed by atoms with Crippen LogP contribution in [0.2, 0.25) is 0 Å². The number of imidazole rings is 1. The van der Waals surface area contributed by atoms with Crippen LogP contribution in [0.1, 0.15) is 82.9 Å². The van der Waals surface area contributed by atoms with E-state index in [2.05, 4.69) is 32.1 Å². The van der Waals surface area contributed by atoms with Crippen LogP contribution in [0.4, 0.5) is 13.2 Å². The fourth-order valence-corrected chi connectivity index (χ4v) is 6.09. The first-order valence-corrected chi connectivity index (χ1v) is 17.4. The molecular weight excluding hydrogens is 657 g/mol. The summed E-state index contributed by atoms with van der Waals surface area (Å²) in [7, 11) is 0. The van der Waals surface area contributed by atoms with Crippen molar-refractivity contribution in [3.8, 4) is 11.8 Å². The Labute approximate surface area is 296 Å². The van der Waals surface area contributed by atoms with Crippen LogP contribution < -0.4 is 5.32 Å². The zero-order valence-electron chi connectivity index (χ0n) is 29.1. The number of amides is 1. The molecule has 0 spiro atoms. The van der Waals surface area contributed by atoms with Crippen LogP contribution in [0.25, 0.3) is 5.65 Å². The lowest BCUT2D eigenvalue weighted by atomic mass is 9.96. The lowest BCUT2D eigenvalue weighted by Crippen LogP contribution is -2.46. The Hall–Kier alpha value is -4.86. The molecule has 1 amide bonds. The summed E-state index contributed by atoms with van der Waals surface area (Å²) in [6, 6.07) is 12.9. The van der Waals surface area contributed by atoms with E-state index in [1.54, 1.807) is 47.2 Å². The minimum absolute atomic E-state index is 0.105. The highest BCUT2D eigenvalue weighted by molar-refractivity contribution is 5.98. The summed E-state index contributed by atoms with van der Waals surface area (Å²) < 4.78 is 44.4. The van der Waals surface area contributed by atoms with E-state index < -0.39 is 11.7 Å². The first kappa shape index (κ1) is 37.4. The SMILES string of the molecule is CCCC(=O)CCC(=O)NCCCN1CCN(Cc2ccc(CC(=O)c3ccc(C)c(C#Cc4cnc5cccnn45)c3)cc2C(F)(F)F)CC1. The summed E-state index contributed by atoms with van der Waals surface area (Å²) in [5, 5.41) is 7.12. The first-order valence-electron chi connectivity index (χ1n) is 17.4. The van der Waals surface area contributed by atoms with Gasteiger partial charge in [0.05, 0.1) is 11.8 Å². The smallest absolute Gasteiger partial charge is 0.356 e. The maximum atomic E-state index is 14.3. The molecule has 3 heterocycles. The third-order valence-corrected chi connectivity index (χ3v) is 9.00. The van der Waals surface area contributed by atoms with E-state index in [0.29, 0.717) is 67.2 Å². The lowest BCUT2D eigenvalue weighted by molar-refractivity contribution is -0.138. The molecule has 12 heteroatoms. The van der Waals surface area contributed by atoms with Crippen LogP contribution in [-0.2, 0) is 28.7 Å². The predicted octanol–water partition coefficient (Wildman–Crippen LogP) is 5.66. The van der Waals surface area contributed by atoms with Gasteiger partial charge in [-0.25, -0.2) is 9.50 Å². The molecule has 1 saturated heterocycles. The van der Waals surface area contributed by atoms with E-state index in [4.69, 9.17) is 0 Å². The number of aromatic nitrogens is 3. The summed E-state index contributed by atoms with van der Waals surface area (Å²) in [5.74, 6) is 5.83. The van der Waals surface area contributed by atoms with Crippen molar-refractivity contribution in [3.05, 3.63) is 100.0 Å². The topological polar surface area (TPSA) is 99.9 Å². The normalized spacial score (nSPS) is 13.9. The second-order valence-electron chi connectivity index (χ2n) is 12.9. The Morgan fingerprint density at radius 3 is 2.49 bits per heavy atom. The zero-order valence-corrected chi connectivity index (χ0v) is 29.1. The van der Waals surface area contributed by atoms with E-state index in [1.807, 2.05) is 24.8 Å². The molecule has 0 saturated carbocycles. The van der Waals surface area contributed by atoms with Crippen LogP contribution in [0.3, 0.4) is 0 Å². The molecule has 4 aromatic rings. The molecule has 9 nitrogen and oxygen atoms in total. The number of ketones is 2. The Kier molecular flexibility index (Phi) is 12.7. The second kappa shape index (κ2) is 17.4. The van der Waals surface area contributed by atoms with E-state index in [1.165, 1.54) is 6.07 Å². The number of alkyl halides is 3. The fraction of sp³-hybridized carbons (Fsp3) is 0.410. The van der Waals surface area contributed by atoms with E-state index in [9.17, 15) is 27.6 Å². The monoisotopic (exact) mass is 700 g/mol. The predicted molar refractivity (Wildman–Crippen MR) is 188 cm³/mol. The first-order chi connectivity index (χ1) is 24.5. The molecule has 5 rings (SSSR count). The maximum absolute atomic E-state index is 14.3. The molecule has 0 aliphatic carbocycles. The molecule has 268 valence electrons. The fourth-order valence-electron chi connectivity index (χ4n) is 6.09. The minimum atomic E-state index is -4.57. The molecule has 1 aliphatic rings. The van der Waals surface area contributed by atoms with Gasteiger partial charge in [0, 0.05) is 82.3 Å². The number of Topliss-reactive ketones (excluding diaryl/α,β-unsaturated/α-hetero) is 2. The van der Waals surface area contributed by atoms with Crippen molar-refractivity contribution < 1.29 is 27.6 Å². The third kappa shape index (κ3) is 10.6. The molecule has 0 atom stereocenters. The van der Waals surface area contributed by atoms with Gasteiger partial charge in [-0.1, -0.05) is 37.1 Å². The molecule has 0 bridgehead atoms. The molecule has 2 aromatic heterocycles. The molecule has 51 heavy (non-hydrogen) atoms. The molecule has 0 radical (unpaired) electrons. The van der Waals surface area contributed by atoms with Gasteiger partial charge in [-0.2, -0.15) is 18.3 Å². The van der Waals surface area contributed by atoms with Gasteiger partial charge in [0.2, 0.25) is 5.91 Å². The molecule has 2 aromatic carbocycles. The van der Waals surface area contributed by atoms with Crippen molar-refractivity contribution >= 4 is 23.1 Å². The van der Waals surface area contributed by atoms with Crippen LogP contribution in [0.15, 0.2) is 60.9 Å². The number of rotatable bonds is 14. The average Bonchev–Trinajstić information content (AvgIpc) is 3.53. The average molecular weight is 701 g/mol. The van der Waals surface area contributed by atoms with Gasteiger partial charge in [0.25, 0.3) is 0 Å². The number of hydrogen-bond donors (Lipinski definition) is 1. The quantitative estimate of drug-likeness (QED) is 0.103.